The first-order valence-corrected chi connectivity index (χ1v) is 13.5. The number of rotatable bonds is 6. The van der Waals surface area contributed by atoms with E-state index in [-0.39, 0.29) is 31.6 Å². The van der Waals surface area contributed by atoms with E-state index >= 15 is 0 Å². The lowest BCUT2D eigenvalue weighted by atomic mass is 10.1. The lowest BCUT2D eigenvalue weighted by Crippen LogP contribution is -2.52. The highest BCUT2D eigenvalue weighted by molar-refractivity contribution is 7.89. The van der Waals surface area contributed by atoms with Crippen LogP contribution in [0.4, 0.5) is 4.79 Å². The Morgan fingerprint density at radius 1 is 0.912 bits per heavy atom. The molecule has 2 amide bonds. The molecule has 0 radical (unpaired) electrons. The predicted molar refractivity (Wildman–Crippen MR) is 130 cm³/mol. The van der Waals surface area contributed by atoms with Crippen LogP contribution >= 0.6 is 0 Å². The molecule has 2 fully saturated rings. The Morgan fingerprint density at radius 3 is 2.24 bits per heavy atom. The van der Waals surface area contributed by atoms with E-state index in [1.54, 1.807) is 21.9 Å². The zero-order valence-electron chi connectivity index (χ0n) is 20.8. The summed E-state index contributed by atoms with van der Waals surface area (Å²) in [7, 11) is -3.57. The molecular formula is C24H38N4O5S. The number of piperazine rings is 1. The van der Waals surface area contributed by atoms with Crippen LogP contribution in [-0.2, 0) is 19.6 Å². The highest BCUT2D eigenvalue weighted by atomic mass is 32.2. The van der Waals surface area contributed by atoms with Crippen molar-refractivity contribution in [3.63, 3.8) is 0 Å². The minimum atomic E-state index is -3.57. The molecule has 0 N–H and O–H groups in total. The fraction of sp³-hybridized carbons (Fsp3) is 0.667. The Balaban J connectivity index is 1.48. The van der Waals surface area contributed by atoms with Gasteiger partial charge in [0, 0.05) is 52.4 Å². The summed E-state index contributed by atoms with van der Waals surface area (Å²) in [6.07, 6.45) is 0.495. The van der Waals surface area contributed by atoms with Gasteiger partial charge in [-0.05, 0) is 49.4 Å². The molecule has 34 heavy (non-hydrogen) atoms. The number of ether oxygens (including phenoxy) is 1. The molecule has 2 heterocycles. The first-order valence-electron chi connectivity index (χ1n) is 12.1. The molecule has 2 saturated heterocycles. The van der Waals surface area contributed by atoms with E-state index in [0.29, 0.717) is 50.1 Å². The van der Waals surface area contributed by atoms with Crippen LogP contribution in [0.1, 0.15) is 31.4 Å². The summed E-state index contributed by atoms with van der Waals surface area (Å²) < 4.78 is 32.8. The number of carbonyl (C=O) groups excluding carboxylic acids is 2. The van der Waals surface area contributed by atoms with Gasteiger partial charge in [-0.25, -0.2) is 13.2 Å². The zero-order valence-corrected chi connectivity index (χ0v) is 21.6. The molecule has 10 heteroatoms. The topological polar surface area (TPSA) is 90.5 Å². The summed E-state index contributed by atoms with van der Waals surface area (Å²) >= 11 is 0. The molecule has 1 aromatic rings. The van der Waals surface area contributed by atoms with Gasteiger partial charge in [0.05, 0.1) is 18.0 Å². The van der Waals surface area contributed by atoms with Gasteiger partial charge >= 0.3 is 6.09 Å². The number of aryl methyl sites for hydroxylation is 2. The van der Waals surface area contributed by atoms with E-state index in [4.69, 9.17) is 4.74 Å². The summed E-state index contributed by atoms with van der Waals surface area (Å²) in [5.74, 6) is 0.292. The number of hydrogen-bond donors (Lipinski definition) is 0. The van der Waals surface area contributed by atoms with Gasteiger partial charge in [0.2, 0.25) is 15.9 Å². The van der Waals surface area contributed by atoms with Crippen LogP contribution in [0.3, 0.4) is 0 Å². The Kier molecular flexibility index (Phi) is 8.95. The number of amides is 2. The Hall–Kier alpha value is -2.17. The molecule has 0 saturated carbocycles. The number of benzene rings is 1. The predicted octanol–water partition coefficient (Wildman–Crippen LogP) is 1.94. The fourth-order valence-electron chi connectivity index (χ4n) is 4.13. The molecule has 0 bridgehead atoms. The molecule has 0 spiro atoms. The van der Waals surface area contributed by atoms with Crippen LogP contribution in [0.15, 0.2) is 23.1 Å². The molecule has 0 unspecified atom stereocenters. The summed E-state index contributed by atoms with van der Waals surface area (Å²) in [5, 5.41) is 0. The average molecular weight is 495 g/mol. The molecule has 2 aliphatic rings. The van der Waals surface area contributed by atoms with E-state index in [1.165, 1.54) is 4.31 Å². The van der Waals surface area contributed by atoms with Crippen LogP contribution < -0.4 is 0 Å². The average Bonchev–Trinajstić information content (AvgIpc) is 3.04. The number of hydrogen-bond acceptors (Lipinski definition) is 6. The number of nitrogens with zero attached hydrogens (tertiary/aromatic N) is 4. The normalized spacial score (nSPS) is 18.7. The highest BCUT2D eigenvalue weighted by Gasteiger charge is 2.31. The van der Waals surface area contributed by atoms with Crippen molar-refractivity contribution in [3.05, 3.63) is 29.3 Å². The van der Waals surface area contributed by atoms with E-state index in [0.717, 1.165) is 24.1 Å². The quantitative estimate of drug-likeness (QED) is 0.600. The third kappa shape index (κ3) is 6.70. The molecule has 9 nitrogen and oxygen atoms in total. The van der Waals surface area contributed by atoms with Crippen molar-refractivity contribution in [1.82, 2.24) is 19.0 Å². The Bertz CT molecular complexity index is 974. The monoisotopic (exact) mass is 494 g/mol. The molecule has 0 atom stereocenters. The van der Waals surface area contributed by atoms with Crippen molar-refractivity contribution in [2.45, 2.75) is 39.0 Å². The number of carbonyl (C=O) groups is 2. The van der Waals surface area contributed by atoms with E-state index in [9.17, 15) is 18.0 Å². The van der Waals surface area contributed by atoms with Gasteiger partial charge in [-0.15, -0.1) is 0 Å². The summed E-state index contributed by atoms with van der Waals surface area (Å²) in [5.41, 5.74) is 2.00. The molecule has 0 aromatic heterocycles. The lowest BCUT2D eigenvalue weighted by Gasteiger charge is -2.35. The third-order valence-corrected chi connectivity index (χ3v) is 8.35. The summed E-state index contributed by atoms with van der Waals surface area (Å²) in [6.45, 7) is 12.4. The van der Waals surface area contributed by atoms with Gasteiger partial charge in [-0.3, -0.25) is 9.69 Å². The van der Waals surface area contributed by atoms with E-state index in [1.807, 2.05) is 33.8 Å². The van der Waals surface area contributed by atoms with Gasteiger partial charge in [-0.1, -0.05) is 19.9 Å². The van der Waals surface area contributed by atoms with Crippen molar-refractivity contribution in [2.75, 3.05) is 65.5 Å². The molecular weight excluding hydrogens is 456 g/mol. The second kappa shape index (κ2) is 11.5. The van der Waals surface area contributed by atoms with Gasteiger partial charge in [0.15, 0.2) is 0 Å². The minimum absolute atomic E-state index is 0.000868. The number of sulfonamides is 1. The summed E-state index contributed by atoms with van der Waals surface area (Å²) in [6, 6.07) is 5.19. The van der Waals surface area contributed by atoms with E-state index < -0.39 is 10.0 Å². The van der Waals surface area contributed by atoms with Crippen molar-refractivity contribution >= 4 is 22.0 Å². The van der Waals surface area contributed by atoms with Crippen LogP contribution in [0.2, 0.25) is 0 Å². The maximum atomic E-state index is 13.0. The van der Waals surface area contributed by atoms with Crippen LogP contribution in [0.25, 0.3) is 0 Å². The highest BCUT2D eigenvalue weighted by Crippen LogP contribution is 2.20. The van der Waals surface area contributed by atoms with Crippen molar-refractivity contribution in [1.29, 1.82) is 0 Å². The van der Waals surface area contributed by atoms with Gasteiger partial charge in [-0.2, -0.15) is 4.31 Å². The van der Waals surface area contributed by atoms with Gasteiger partial charge < -0.3 is 14.5 Å². The molecule has 190 valence electrons. The summed E-state index contributed by atoms with van der Waals surface area (Å²) in [4.78, 5) is 30.9. The maximum absolute atomic E-state index is 13.0. The van der Waals surface area contributed by atoms with Crippen molar-refractivity contribution in [3.8, 4) is 0 Å². The molecule has 2 aliphatic heterocycles. The van der Waals surface area contributed by atoms with E-state index in [2.05, 4.69) is 4.90 Å². The fourth-order valence-corrected chi connectivity index (χ4v) is 5.64. The van der Waals surface area contributed by atoms with Crippen LogP contribution in [0, 0.1) is 19.8 Å². The first-order chi connectivity index (χ1) is 16.1. The lowest BCUT2D eigenvalue weighted by molar-refractivity contribution is -0.133. The smallest absolute Gasteiger partial charge is 0.409 e. The minimum Gasteiger partial charge on any atom is -0.449 e. The Labute approximate surface area is 203 Å². The molecule has 1 aromatic carbocycles. The largest absolute Gasteiger partial charge is 0.449 e. The van der Waals surface area contributed by atoms with Gasteiger partial charge in [0.1, 0.15) is 0 Å². The van der Waals surface area contributed by atoms with Gasteiger partial charge in [0.25, 0.3) is 0 Å². The second-order valence-electron chi connectivity index (χ2n) is 9.62. The van der Waals surface area contributed by atoms with Crippen molar-refractivity contribution < 1.29 is 22.7 Å². The third-order valence-electron chi connectivity index (χ3n) is 6.45. The first kappa shape index (κ1) is 26.4. The zero-order chi connectivity index (χ0) is 24.9. The van der Waals surface area contributed by atoms with Crippen LogP contribution in [0.5, 0.6) is 0 Å². The van der Waals surface area contributed by atoms with Crippen LogP contribution in [-0.4, -0.2) is 105 Å². The molecule has 0 aliphatic carbocycles. The standard InChI is InChI=1S/C24H38N4O5S/c1-19(2)18-33-24(30)27-9-5-8-25(10-11-27)17-23(29)26-12-14-28(15-13-26)34(31,32)22-7-6-20(3)21(4)16-22/h6-7,16,19H,5,8-15,17-18H2,1-4H3. The maximum Gasteiger partial charge on any atom is 0.409 e. The second-order valence-corrected chi connectivity index (χ2v) is 11.6. The SMILES string of the molecule is Cc1ccc(S(=O)(=O)N2CCN(C(=O)CN3CCCN(C(=O)OCC(C)C)CC3)CC2)cc1C. The van der Waals surface area contributed by atoms with Crippen molar-refractivity contribution in [2.24, 2.45) is 5.92 Å². The Morgan fingerprint density at radius 2 is 1.59 bits per heavy atom. The molecule has 3 rings (SSSR count).